The number of aromatic nitrogens is 7. The molecule has 6 rings (SSSR count). The van der Waals surface area contributed by atoms with Crippen LogP contribution in [0.4, 0.5) is 10.1 Å². The van der Waals surface area contributed by atoms with E-state index in [-0.39, 0.29) is 18.1 Å². The van der Waals surface area contributed by atoms with Crippen molar-refractivity contribution in [3.8, 4) is 33.9 Å². The zero-order valence-electron chi connectivity index (χ0n) is 24.1. The molecule has 0 fully saturated rings. The Kier molecular flexibility index (Phi) is 7.87. The number of benzene rings is 1. The van der Waals surface area contributed by atoms with Gasteiger partial charge in [0.1, 0.15) is 21.2 Å². The van der Waals surface area contributed by atoms with Gasteiger partial charge in [-0.05, 0) is 60.4 Å². The minimum Gasteiger partial charge on any atom is -0.335 e. The molecule has 0 saturated carbocycles. The van der Waals surface area contributed by atoms with Crippen molar-refractivity contribution >= 4 is 43.6 Å². The summed E-state index contributed by atoms with van der Waals surface area (Å²) in [5.41, 5.74) is 6.44. The largest absolute Gasteiger partial charge is 0.335 e. The van der Waals surface area contributed by atoms with Crippen molar-refractivity contribution in [2.45, 2.75) is 32.6 Å². The standard InChI is InChI=1S/C31H29FN8O3S/c1-3-4-5-26(41)35-22-15-20(16-33-17-22)24-6-7-25-28(36-24)29(40-39-25)31-37-27-23(8-10-34-30(27)38-31)19-12-18(13-21(32)14-19)9-11-44(2,42)43/h6-8,10,12-17H,3-5,9,11H2,1-2H3,(H,35,41)(H,39,40)(H,34,37,38). The zero-order valence-corrected chi connectivity index (χ0v) is 24.9. The molecule has 224 valence electrons. The number of nitrogens with zero attached hydrogens (tertiary/aromatic N) is 5. The van der Waals surface area contributed by atoms with Gasteiger partial charge in [0.05, 0.1) is 34.4 Å². The number of rotatable bonds is 10. The topological polar surface area (TPSA) is 159 Å². The van der Waals surface area contributed by atoms with Crippen LogP contribution in [0.1, 0.15) is 31.7 Å². The lowest BCUT2D eigenvalue weighted by Gasteiger charge is -2.07. The molecular formula is C31H29FN8O3S. The average molecular weight is 613 g/mol. The minimum absolute atomic E-state index is 0.0624. The van der Waals surface area contributed by atoms with E-state index >= 15 is 0 Å². The third kappa shape index (κ3) is 6.32. The molecule has 5 heterocycles. The van der Waals surface area contributed by atoms with E-state index in [0.29, 0.717) is 68.2 Å². The smallest absolute Gasteiger partial charge is 0.224 e. The van der Waals surface area contributed by atoms with Gasteiger partial charge >= 0.3 is 0 Å². The molecule has 0 radical (unpaired) electrons. The zero-order chi connectivity index (χ0) is 30.8. The van der Waals surface area contributed by atoms with Gasteiger partial charge in [-0.1, -0.05) is 19.4 Å². The summed E-state index contributed by atoms with van der Waals surface area (Å²) in [5, 5.41) is 10.3. The number of carbonyl (C=O) groups excluding carboxylic acids is 1. The first-order chi connectivity index (χ1) is 21.2. The molecule has 0 atom stereocenters. The van der Waals surface area contributed by atoms with Crippen molar-refractivity contribution in [1.29, 1.82) is 0 Å². The second kappa shape index (κ2) is 11.9. The first-order valence-electron chi connectivity index (χ1n) is 14.1. The van der Waals surface area contributed by atoms with Crippen LogP contribution in [-0.4, -0.2) is 61.5 Å². The van der Waals surface area contributed by atoms with E-state index < -0.39 is 15.7 Å². The predicted octanol–water partition coefficient (Wildman–Crippen LogP) is 5.48. The Balaban J connectivity index is 1.35. The second-order valence-electron chi connectivity index (χ2n) is 10.6. The number of amides is 1. The first-order valence-corrected chi connectivity index (χ1v) is 16.2. The van der Waals surface area contributed by atoms with Crippen LogP contribution >= 0.6 is 0 Å². The van der Waals surface area contributed by atoms with Gasteiger partial charge in [-0.25, -0.2) is 27.8 Å². The third-order valence-corrected chi connectivity index (χ3v) is 8.08. The lowest BCUT2D eigenvalue weighted by atomic mass is 10.0. The number of H-pyrrole nitrogens is 2. The SMILES string of the molecule is CCCCC(=O)Nc1cncc(-c2ccc3[nH]nc(-c4nc5nccc(-c6cc(F)cc(CCS(C)(=O)=O)c6)c5[nH]4)c3n2)c1. The van der Waals surface area contributed by atoms with Crippen LogP contribution in [0.25, 0.3) is 56.1 Å². The Morgan fingerprint density at radius 1 is 1.05 bits per heavy atom. The van der Waals surface area contributed by atoms with Crippen molar-refractivity contribution in [3.63, 3.8) is 0 Å². The normalized spacial score (nSPS) is 11.8. The maximum Gasteiger partial charge on any atom is 0.224 e. The highest BCUT2D eigenvalue weighted by atomic mass is 32.2. The van der Waals surface area contributed by atoms with E-state index in [1.165, 1.54) is 12.1 Å². The van der Waals surface area contributed by atoms with Gasteiger partial charge in [-0.3, -0.25) is 14.9 Å². The lowest BCUT2D eigenvalue weighted by Crippen LogP contribution is -2.11. The minimum atomic E-state index is -3.20. The molecule has 13 heteroatoms. The lowest BCUT2D eigenvalue weighted by molar-refractivity contribution is -0.116. The van der Waals surface area contributed by atoms with Crippen molar-refractivity contribution in [3.05, 3.63) is 72.4 Å². The number of hydrogen-bond acceptors (Lipinski definition) is 8. The number of unbranched alkanes of at least 4 members (excludes halogenated alkanes) is 1. The summed E-state index contributed by atoms with van der Waals surface area (Å²) in [4.78, 5) is 33.7. The Morgan fingerprint density at radius 3 is 2.73 bits per heavy atom. The van der Waals surface area contributed by atoms with Crippen LogP contribution in [0.2, 0.25) is 0 Å². The molecule has 44 heavy (non-hydrogen) atoms. The monoisotopic (exact) mass is 612 g/mol. The molecule has 1 aromatic carbocycles. The van der Waals surface area contributed by atoms with Crippen LogP contribution in [0.3, 0.4) is 0 Å². The molecule has 0 bridgehead atoms. The van der Waals surface area contributed by atoms with E-state index in [1.807, 2.05) is 25.1 Å². The molecule has 0 spiro atoms. The van der Waals surface area contributed by atoms with Crippen LogP contribution in [0, 0.1) is 5.82 Å². The molecule has 5 aromatic heterocycles. The summed E-state index contributed by atoms with van der Waals surface area (Å²) in [5.74, 6) is -0.192. The number of pyridine rings is 3. The van der Waals surface area contributed by atoms with Gasteiger partial charge in [0.25, 0.3) is 0 Å². The maximum absolute atomic E-state index is 14.6. The fourth-order valence-corrected chi connectivity index (χ4v) is 5.56. The fraction of sp³-hybridized carbons (Fsp3) is 0.226. The summed E-state index contributed by atoms with van der Waals surface area (Å²) in [6.07, 6.45) is 8.41. The van der Waals surface area contributed by atoms with Gasteiger partial charge in [-0.2, -0.15) is 5.10 Å². The van der Waals surface area contributed by atoms with Gasteiger partial charge < -0.3 is 10.3 Å². The van der Waals surface area contributed by atoms with Gasteiger partial charge in [0.2, 0.25) is 5.91 Å². The number of imidazole rings is 1. The second-order valence-corrected chi connectivity index (χ2v) is 12.9. The number of sulfone groups is 1. The van der Waals surface area contributed by atoms with Gasteiger partial charge in [0, 0.05) is 36.2 Å². The highest BCUT2D eigenvalue weighted by Crippen LogP contribution is 2.32. The van der Waals surface area contributed by atoms with Crippen LogP contribution in [0.5, 0.6) is 0 Å². The summed E-state index contributed by atoms with van der Waals surface area (Å²) in [6.45, 7) is 2.04. The first kappa shape index (κ1) is 29.1. The molecule has 6 aromatic rings. The number of aromatic amines is 2. The van der Waals surface area contributed by atoms with Crippen LogP contribution < -0.4 is 5.32 Å². The quantitative estimate of drug-likeness (QED) is 0.183. The highest BCUT2D eigenvalue weighted by Gasteiger charge is 2.18. The molecule has 3 N–H and O–H groups in total. The van der Waals surface area contributed by atoms with E-state index in [9.17, 15) is 17.6 Å². The van der Waals surface area contributed by atoms with Crippen molar-refractivity contribution in [1.82, 2.24) is 35.1 Å². The Hall–Kier alpha value is -5.04. The number of halogens is 1. The summed E-state index contributed by atoms with van der Waals surface area (Å²) >= 11 is 0. The Morgan fingerprint density at radius 2 is 1.91 bits per heavy atom. The molecule has 1 amide bonds. The van der Waals surface area contributed by atoms with E-state index in [4.69, 9.17) is 4.98 Å². The molecule has 11 nitrogen and oxygen atoms in total. The van der Waals surface area contributed by atoms with Gasteiger partial charge in [-0.15, -0.1) is 0 Å². The molecule has 0 unspecified atom stereocenters. The summed E-state index contributed by atoms with van der Waals surface area (Å²) in [6, 6.07) is 11.8. The molecule has 0 aliphatic heterocycles. The van der Waals surface area contributed by atoms with E-state index in [1.54, 1.807) is 30.7 Å². The van der Waals surface area contributed by atoms with Crippen LogP contribution in [-0.2, 0) is 21.1 Å². The van der Waals surface area contributed by atoms with Gasteiger partial charge in [0.15, 0.2) is 17.2 Å². The molecule has 0 aliphatic rings. The number of nitrogens with one attached hydrogen (secondary N) is 3. The number of fused-ring (bicyclic) bond motifs is 2. The average Bonchev–Trinajstić information content (AvgIpc) is 3.62. The number of anilines is 1. The number of carbonyl (C=O) groups is 1. The third-order valence-electron chi connectivity index (χ3n) is 7.13. The van der Waals surface area contributed by atoms with Crippen molar-refractivity contribution in [2.75, 3.05) is 17.3 Å². The summed E-state index contributed by atoms with van der Waals surface area (Å²) < 4.78 is 37.9. The van der Waals surface area contributed by atoms with Crippen molar-refractivity contribution < 1.29 is 17.6 Å². The Labute approximate surface area is 252 Å². The van der Waals surface area contributed by atoms with Crippen molar-refractivity contribution in [2.24, 2.45) is 0 Å². The molecular weight excluding hydrogens is 583 g/mol. The number of aryl methyl sites for hydroxylation is 1. The predicted molar refractivity (Wildman–Crippen MR) is 167 cm³/mol. The van der Waals surface area contributed by atoms with E-state index in [0.717, 1.165) is 24.7 Å². The molecule has 0 aliphatic carbocycles. The maximum atomic E-state index is 14.6. The number of hydrogen-bond donors (Lipinski definition) is 3. The van der Waals surface area contributed by atoms with E-state index in [2.05, 4.69) is 35.5 Å². The fourth-order valence-electron chi connectivity index (χ4n) is 4.95. The summed E-state index contributed by atoms with van der Waals surface area (Å²) in [7, 11) is -3.20. The highest BCUT2D eigenvalue weighted by molar-refractivity contribution is 7.90. The molecule has 0 saturated heterocycles. The Bertz CT molecular complexity index is 2120. The van der Waals surface area contributed by atoms with Crippen LogP contribution in [0.15, 0.2) is 61.1 Å².